The highest BCUT2D eigenvalue weighted by molar-refractivity contribution is 7.12. The summed E-state index contributed by atoms with van der Waals surface area (Å²) < 4.78 is 0. The molecule has 0 bridgehead atoms. The van der Waals surface area contributed by atoms with Crippen LogP contribution >= 0.6 is 11.3 Å². The number of amides is 2. The van der Waals surface area contributed by atoms with E-state index >= 15 is 0 Å². The molecule has 0 aliphatic rings. The smallest absolute Gasteiger partial charge is 0.264 e. The highest BCUT2D eigenvalue weighted by Gasteiger charge is 2.15. The molecule has 0 atom stereocenters. The van der Waals surface area contributed by atoms with Crippen LogP contribution in [0.2, 0.25) is 0 Å². The lowest BCUT2D eigenvalue weighted by atomic mass is 10.3. The number of H-pyrrole nitrogens is 1. The van der Waals surface area contributed by atoms with Crippen LogP contribution in [-0.2, 0) is 11.2 Å². The van der Waals surface area contributed by atoms with Gasteiger partial charge in [-0.05, 0) is 11.4 Å². The van der Waals surface area contributed by atoms with E-state index in [9.17, 15) is 9.59 Å². The molecule has 106 valence electrons. The van der Waals surface area contributed by atoms with Crippen LogP contribution in [0.25, 0.3) is 0 Å². The van der Waals surface area contributed by atoms with Gasteiger partial charge in [0.1, 0.15) is 12.2 Å². The van der Waals surface area contributed by atoms with E-state index in [0.29, 0.717) is 23.7 Å². The Morgan fingerprint density at radius 2 is 2.35 bits per heavy atom. The molecule has 2 rings (SSSR count). The molecule has 2 amide bonds. The van der Waals surface area contributed by atoms with Gasteiger partial charge < -0.3 is 10.2 Å². The van der Waals surface area contributed by atoms with Crippen molar-refractivity contribution < 1.29 is 9.59 Å². The Hall–Kier alpha value is -2.22. The van der Waals surface area contributed by atoms with Gasteiger partial charge in [-0.3, -0.25) is 14.7 Å². The first-order valence-corrected chi connectivity index (χ1v) is 6.94. The number of aromatic nitrogens is 3. The zero-order valence-electron chi connectivity index (χ0n) is 11.0. The molecule has 0 spiro atoms. The van der Waals surface area contributed by atoms with Gasteiger partial charge in [-0.2, -0.15) is 5.10 Å². The van der Waals surface area contributed by atoms with Crippen LogP contribution in [0.15, 0.2) is 23.8 Å². The number of rotatable bonds is 6. The van der Waals surface area contributed by atoms with Gasteiger partial charge in [-0.1, -0.05) is 6.07 Å². The molecule has 7 nitrogen and oxygen atoms in total. The fraction of sp³-hybridized carbons (Fsp3) is 0.333. The monoisotopic (exact) mass is 293 g/mol. The third-order valence-corrected chi connectivity index (χ3v) is 3.47. The quantitative estimate of drug-likeness (QED) is 0.801. The Morgan fingerprint density at radius 3 is 3.00 bits per heavy atom. The van der Waals surface area contributed by atoms with Crippen molar-refractivity contribution in [1.82, 2.24) is 25.4 Å². The van der Waals surface area contributed by atoms with Crippen molar-refractivity contribution in [2.24, 2.45) is 0 Å². The summed E-state index contributed by atoms with van der Waals surface area (Å²) in [6.45, 7) is 0.488. The molecule has 0 saturated heterocycles. The molecule has 0 fully saturated rings. The van der Waals surface area contributed by atoms with Gasteiger partial charge in [0.15, 0.2) is 0 Å². The minimum Gasteiger partial charge on any atom is -0.354 e. The summed E-state index contributed by atoms with van der Waals surface area (Å²) in [6, 6.07) is 3.55. The molecule has 0 unspecified atom stereocenters. The van der Waals surface area contributed by atoms with Gasteiger partial charge in [0, 0.05) is 20.0 Å². The lowest BCUT2D eigenvalue weighted by molar-refractivity contribution is -0.121. The maximum absolute atomic E-state index is 11.9. The van der Waals surface area contributed by atoms with E-state index in [1.807, 2.05) is 11.4 Å². The summed E-state index contributed by atoms with van der Waals surface area (Å²) in [4.78, 5) is 29.6. The lowest BCUT2D eigenvalue weighted by Crippen LogP contribution is -2.38. The van der Waals surface area contributed by atoms with E-state index < -0.39 is 0 Å². The minimum absolute atomic E-state index is 0.0349. The number of carbonyl (C=O) groups is 2. The van der Waals surface area contributed by atoms with Crippen LogP contribution in [0.5, 0.6) is 0 Å². The standard InChI is InChI=1S/C12H15N5O2S/c1-17(12(19)9-3-2-6-20-9)7-11(18)13-5-4-10-14-8-15-16-10/h2-3,6,8H,4-5,7H2,1H3,(H,13,18)(H,14,15,16). The van der Waals surface area contributed by atoms with Crippen molar-refractivity contribution in [2.45, 2.75) is 6.42 Å². The molecular formula is C12H15N5O2S. The first kappa shape index (κ1) is 14.2. The zero-order chi connectivity index (χ0) is 14.4. The summed E-state index contributed by atoms with van der Waals surface area (Å²) >= 11 is 1.36. The van der Waals surface area contributed by atoms with E-state index in [4.69, 9.17) is 0 Å². The Balaban J connectivity index is 1.72. The summed E-state index contributed by atoms with van der Waals surface area (Å²) in [5.41, 5.74) is 0. The molecule has 0 aliphatic heterocycles. The van der Waals surface area contributed by atoms with Gasteiger partial charge in [0.2, 0.25) is 5.91 Å². The van der Waals surface area contributed by atoms with Crippen LogP contribution in [0, 0.1) is 0 Å². The van der Waals surface area contributed by atoms with Crippen LogP contribution in [0.1, 0.15) is 15.5 Å². The summed E-state index contributed by atoms with van der Waals surface area (Å²) in [7, 11) is 1.61. The average Bonchev–Trinajstić information content (AvgIpc) is 3.10. The summed E-state index contributed by atoms with van der Waals surface area (Å²) in [5, 5.41) is 11.0. The van der Waals surface area contributed by atoms with Gasteiger partial charge in [-0.25, -0.2) is 4.98 Å². The normalized spacial score (nSPS) is 10.2. The highest BCUT2D eigenvalue weighted by atomic mass is 32.1. The zero-order valence-corrected chi connectivity index (χ0v) is 11.8. The second kappa shape index (κ2) is 6.80. The predicted molar refractivity (Wildman–Crippen MR) is 74.4 cm³/mol. The number of hydrogen-bond acceptors (Lipinski definition) is 5. The molecule has 2 aromatic rings. The number of carbonyl (C=O) groups excluding carboxylic acids is 2. The maximum Gasteiger partial charge on any atom is 0.264 e. The van der Waals surface area contributed by atoms with Crippen molar-refractivity contribution in [2.75, 3.05) is 20.1 Å². The predicted octanol–water partition coefficient (Wildman–Crippen LogP) is 0.297. The third-order valence-electron chi connectivity index (χ3n) is 2.61. The Bertz CT molecular complexity index is 552. The number of nitrogens with zero attached hydrogens (tertiary/aromatic N) is 3. The third kappa shape index (κ3) is 3.89. The molecule has 8 heteroatoms. The molecule has 2 heterocycles. The summed E-state index contributed by atoms with van der Waals surface area (Å²) in [6.07, 6.45) is 2.00. The first-order chi connectivity index (χ1) is 9.66. The number of thiophene rings is 1. The minimum atomic E-state index is -0.197. The Morgan fingerprint density at radius 1 is 1.50 bits per heavy atom. The van der Waals surface area contributed by atoms with Crippen molar-refractivity contribution in [3.8, 4) is 0 Å². The van der Waals surface area contributed by atoms with E-state index in [-0.39, 0.29) is 18.4 Å². The van der Waals surface area contributed by atoms with E-state index in [0.717, 1.165) is 0 Å². The summed E-state index contributed by atoms with van der Waals surface area (Å²) in [5.74, 6) is 0.371. The first-order valence-electron chi connectivity index (χ1n) is 6.06. The molecule has 2 aromatic heterocycles. The van der Waals surface area contributed by atoms with Crippen LogP contribution in [0.3, 0.4) is 0 Å². The molecule has 2 N–H and O–H groups in total. The average molecular weight is 293 g/mol. The van der Waals surface area contributed by atoms with Crippen molar-refractivity contribution in [1.29, 1.82) is 0 Å². The highest BCUT2D eigenvalue weighted by Crippen LogP contribution is 2.10. The lowest BCUT2D eigenvalue weighted by Gasteiger charge is -2.15. The van der Waals surface area contributed by atoms with Crippen LogP contribution in [0.4, 0.5) is 0 Å². The van der Waals surface area contributed by atoms with Crippen LogP contribution in [-0.4, -0.2) is 52.0 Å². The second-order valence-electron chi connectivity index (χ2n) is 4.17. The number of aromatic amines is 1. The van der Waals surface area contributed by atoms with Gasteiger partial charge in [0.25, 0.3) is 5.91 Å². The van der Waals surface area contributed by atoms with Crippen LogP contribution < -0.4 is 5.32 Å². The Labute approximate surface area is 120 Å². The van der Waals surface area contributed by atoms with Gasteiger partial charge >= 0.3 is 0 Å². The van der Waals surface area contributed by atoms with Crippen molar-refractivity contribution in [3.63, 3.8) is 0 Å². The molecule has 20 heavy (non-hydrogen) atoms. The Kier molecular flexibility index (Phi) is 4.83. The number of hydrogen-bond donors (Lipinski definition) is 2. The number of nitrogens with one attached hydrogen (secondary N) is 2. The van der Waals surface area contributed by atoms with E-state index in [1.54, 1.807) is 13.1 Å². The largest absolute Gasteiger partial charge is 0.354 e. The van der Waals surface area contributed by atoms with Crippen molar-refractivity contribution >= 4 is 23.2 Å². The SMILES string of the molecule is CN(CC(=O)NCCc1ncn[nH]1)C(=O)c1cccs1. The van der Waals surface area contributed by atoms with E-state index in [2.05, 4.69) is 20.5 Å². The van der Waals surface area contributed by atoms with Gasteiger partial charge in [0.05, 0.1) is 11.4 Å². The molecule has 0 aromatic carbocycles. The maximum atomic E-state index is 11.9. The second-order valence-corrected chi connectivity index (χ2v) is 5.12. The fourth-order valence-corrected chi connectivity index (χ4v) is 2.32. The van der Waals surface area contributed by atoms with Crippen molar-refractivity contribution in [3.05, 3.63) is 34.5 Å². The molecule has 0 radical (unpaired) electrons. The topological polar surface area (TPSA) is 91.0 Å². The fourth-order valence-electron chi connectivity index (χ4n) is 1.60. The van der Waals surface area contributed by atoms with E-state index in [1.165, 1.54) is 22.6 Å². The number of likely N-dealkylation sites (N-methyl/N-ethyl adjacent to an activating group) is 1. The van der Waals surface area contributed by atoms with Gasteiger partial charge in [-0.15, -0.1) is 11.3 Å². The molecular weight excluding hydrogens is 278 g/mol. The molecule has 0 saturated carbocycles. The molecule has 0 aliphatic carbocycles.